The van der Waals surface area contributed by atoms with Gasteiger partial charge in [-0.1, -0.05) is 36.4 Å². The van der Waals surface area contributed by atoms with Crippen molar-refractivity contribution in [3.05, 3.63) is 72.1 Å². The maximum absolute atomic E-state index is 12.3. The fraction of sp³-hybridized carbons (Fsp3) is 0.250. The average molecular weight is 347 g/mol. The van der Waals surface area contributed by atoms with Crippen LogP contribution in [0, 0.1) is 0 Å². The lowest BCUT2D eigenvalue weighted by Crippen LogP contribution is -2.38. The zero-order chi connectivity index (χ0) is 17.9. The molecule has 1 aliphatic rings. The van der Waals surface area contributed by atoms with Crippen LogP contribution in [-0.2, 0) is 6.42 Å². The Bertz CT molecular complexity index is 905. The van der Waals surface area contributed by atoms with Gasteiger partial charge in [0.05, 0.1) is 11.9 Å². The van der Waals surface area contributed by atoms with Gasteiger partial charge in [0.1, 0.15) is 0 Å². The standard InChI is InChI=1S/C20H21N5O/c1-15-13-16-7-5-6-10-19(16)24(15)12-11-21-20(26)18-14-22-25(23-18)17-8-3-2-4-9-17/h2-10,14-15H,11-13H2,1H3,(H,21,26)/t15-/m0/s1. The molecule has 2 heterocycles. The quantitative estimate of drug-likeness (QED) is 0.770. The van der Waals surface area contributed by atoms with Crippen LogP contribution in [0.1, 0.15) is 23.0 Å². The Kier molecular flexibility index (Phi) is 4.39. The number of para-hydroxylation sites is 2. The first kappa shape index (κ1) is 16.3. The van der Waals surface area contributed by atoms with E-state index >= 15 is 0 Å². The van der Waals surface area contributed by atoms with Crippen LogP contribution in [0.15, 0.2) is 60.8 Å². The zero-order valence-corrected chi connectivity index (χ0v) is 14.7. The average Bonchev–Trinajstić information content (AvgIpc) is 3.28. The largest absolute Gasteiger partial charge is 0.367 e. The van der Waals surface area contributed by atoms with Gasteiger partial charge >= 0.3 is 0 Å². The van der Waals surface area contributed by atoms with Gasteiger partial charge < -0.3 is 10.2 Å². The number of nitrogens with one attached hydrogen (secondary N) is 1. The zero-order valence-electron chi connectivity index (χ0n) is 14.7. The van der Waals surface area contributed by atoms with Crippen molar-refractivity contribution in [2.45, 2.75) is 19.4 Å². The minimum absolute atomic E-state index is 0.202. The molecular weight excluding hydrogens is 326 g/mol. The molecule has 6 heteroatoms. The topological polar surface area (TPSA) is 63.1 Å². The molecule has 0 saturated heterocycles. The maximum atomic E-state index is 12.3. The van der Waals surface area contributed by atoms with E-state index in [9.17, 15) is 4.79 Å². The number of nitrogens with zero attached hydrogens (tertiary/aromatic N) is 4. The van der Waals surface area contributed by atoms with Gasteiger partial charge in [0.15, 0.2) is 5.69 Å². The summed E-state index contributed by atoms with van der Waals surface area (Å²) < 4.78 is 0. The summed E-state index contributed by atoms with van der Waals surface area (Å²) in [4.78, 5) is 16.2. The molecule has 1 atom stereocenters. The summed E-state index contributed by atoms with van der Waals surface area (Å²) in [6.45, 7) is 3.56. The van der Waals surface area contributed by atoms with Crippen LogP contribution in [0.2, 0.25) is 0 Å². The number of rotatable bonds is 5. The molecule has 4 rings (SSSR count). The number of amides is 1. The molecule has 0 unspecified atom stereocenters. The van der Waals surface area contributed by atoms with Crippen LogP contribution in [0.4, 0.5) is 5.69 Å². The Labute approximate surface area is 152 Å². The van der Waals surface area contributed by atoms with Crippen LogP contribution >= 0.6 is 0 Å². The van der Waals surface area contributed by atoms with E-state index in [1.807, 2.05) is 30.3 Å². The predicted molar refractivity (Wildman–Crippen MR) is 101 cm³/mol. The van der Waals surface area contributed by atoms with Gasteiger partial charge in [0.2, 0.25) is 0 Å². The van der Waals surface area contributed by atoms with Gasteiger partial charge in [-0.15, -0.1) is 5.10 Å². The molecule has 26 heavy (non-hydrogen) atoms. The number of hydrogen-bond acceptors (Lipinski definition) is 4. The van der Waals surface area contributed by atoms with Crippen molar-refractivity contribution in [3.63, 3.8) is 0 Å². The molecule has 0 saturated carbocycles. The smallest absolute Gasteiger partial charge is 0.273 e. The van der Waals surface area contributed by atoms with Crippen molar-refractivity contribution in [3.8, 4) is 5.69 Å². The molecule has 0 radical (unpaired) electrons. The lowest BCUT2D eigenvalue weighted by molar-refractivity contribution is 0.0949. The molecule has 0 spiro atoms. The normalized spacial score (nSPS) is 15.7. The number of hydrogen-bond donors (Lipinski definition) is 1. The molecule has 1 aromatic heterocycles. The fourth-order valence-corrected chi connectivity index (χ4v) is 3.40. The van der Waals surface area contributed by atoms with Gasteiger partial charge in [0.25, 0.3) is 5.91 Å². The Balaban J connectivity index is 1.36. The van der Waals surface area contributed by atoms with E-state index in [-0.39, 0.29) is 5.91 Å². The monoisotopic (exact) mass is 347 g/mol. The molecule has 6 nitrogen and oxygen atoms in total. The summed E-state index contributed by atoms with van der Waals surface area (Å²) in [5.41, 5.74) is 3.79. The van der Waals surface area contributed by atoms with Crippen LogP contribution in [0.5, 0.6) is 0 Å². The predicted octanol–water partition coefficient (Wildman–Crippen LogP) is 2.45. The van der Waals surface area contributed by atoms with E-state index < -0.39 is 0 Å². The van der Waals surface area contributed by atoms with E-state index in [0.29, 0.717) is 18.3 Å². The highest BCUT2D eigenvalue weighted by Gasteiger charge is 2.25. The summed E-state index contributed by atoms with van der Waals surface area (Å²) in [5, 5.41) is 11.4. The van der Waals surface area contributed by atoms with E-state index in [1.165, 1.54) is 22.2 Å². The number of fused-ring (bicyclic) bond motifs is 1. The number of benzene rings is 2. The second-order valence-corrected chi connectivity index (χ2v) is 6.49. The first-order chi connectivity index (χ1) is 12.7. The van der Waals surface area contributed by atoms with E-state index in [2.05, 4.69) is 51.6 Å². The lowest BCUT2D eigenvalue weighted by Gasteiger charge is -2.24. The van der Waals surface area contributed by atoms with Crippen LogP contribution in [-0.4, -0.2) is 40.0 Å². The summed E-state index contributed by atoms with van der Waals surface area (Å²) in [6, 6.07) is 18.4. The number of carbonyl (C=O) groups is 1. The van der Waals surface area contributed by atoms with Crippen molar-refractivity contribution >= 4 is 11.6 Å². The van der Waals surface area contributed by atoms with Crippen LogP contribution in [0.25, 0.3) is 5.69 Å². The number of anilines is 1. The first-order valence-corrected chi connectivity index (χ1v) is 8.83. The lowest BCUT2D eigenvalue weighted by atomic mass is 10.1. The van der Waals surface area contributed by atoms with Crippen molar-refractivity contribution in [2.24, 2.45) is 0 Å². The molecule has 0 bridgehead atoms. The molecule has 1 aliphatic heterocycles. The molecule has 0 fully saturated rings. The minimum atomic E-state index is -0.202. The van der Waals surface area contributed by atoms with Gasteiger partial charge in [-0.3, -0.25) is 4.79 Å². The molecule has 132 valence electrons. The third kappa shape index (κ3) is 3.18. The third-order valence-electron chi connectivity index (χ3n) is 4.70. The Hall–Kier alpha value is -3.15. The van der Waals surface area contributed by atoms with Gasteiger partial charge in [0, 0.05) is 24.8 Å². The number of carbonyl (C=O) groups excluding carboxylic acids is 1. The van der Waals surface area contributed by atoms with Gasteiger partial charge in [-0.25, -0.2) is 0 Å². The minimum Gasteiger partial charge on any atom is -0.367 e. The molecule has 1 amide bonds. The van der Waals surface area contributed by atoms with Crippen LogP contribution < -0.4 is 10.2 Å². The van der Waals surface area contributed by atoms with Crippen LogP contribution in [0.3, 0.4) is 0 Å². The summed E-state index contributed by atoms with van der Waals surface area (Å²) >= 11 is 0. The summed E-state index contributed by atoms with van der Waals surface area (Å²) in [5.74, 6) is -0.202. The van der Waals surface area contributed by atoms with E-state index in [0.717, 1.165) is 18.7 Å². The third-order valence-corrected chi connectivity index (χ3v) is 4.70. The summed E-state index contributed by atoms with van der Waals surface area (Å²) in [6.07, 6.45) is 2.55. The van der Waals surface area contributed by atoms with Crippen molar-refractivity contribution in [1.82, 2.24) is 20.3 Å². The summed E-state index contributed by atoms with van der Waals surface area (Å²) in [7, 11) is 0. The Morgan fingerprint density at radius 1 is 1.15 bits per heavy atom. The number of aromatic nitrogens is 3. The van der Waals surface area contributed by atoms with Gasteiger partial charge in [-0.2, -0.15) is 9.90 Å². The molecule has 2 aromatic carbocycles. The van der Waals surface area contributed by atoms with Crippen molar-refractivity contribution < 1.29 is 4.79 Å². The van der Waals surface area contributed by atoms with Gasteiger partial charge in [-0.05, 0) is 37.1 Å². The van der Waals surface area contributed by atoms with Crippen molar-refractivity contribution in [2.75, 3.05) is 18.0 Å². The second kappa shape index (κ2) is 7.00. The second-order valence-electron chi connectivity index (χ2n) is 6.49. The molecule has 1 N–H and O–H groups in total. The molecule has 3 aromatic rings. The van der Waals surface area contributed by atoms with E-state index in [4.69, 9.17) is 0 Å². The highest BCUT2D eigenvalue weighted by Crippen LogP contribution is 2.31. The molecule has 0 aliphatic carbocycles. The maximum Gasteiger partial charge on any atom is 0.273 e. The van der Waals surface area contributed by atoms with Crippen molar-refractivity contribution in [1.29, 1.82) is 0 Å². The van der Waals surface area contributed by atoms with E-state index in [1.54, 1.807) is 0 Å². The highest BCUT2D eigenvalue weighted by molar-refractivity contribution is 5.91. The Morgan fingerprint density at radius 3 is 2.77 bits per heavy atom. The molecular formula is C20H21N5O. The SMILES string of the molecule is C[C@H]1Cc2ccccc2N1CCNC(=O)c1cnn(-c2ccccc2)n1. The fourth-order valence-electron chi connectivity index (χ4n) is 3.40. The first-order valence-electron chi connectivity index (χ1n) is 8.83. The highest BCUT2D eigenvalue weighted by atomic mass is 16.2. The Morgan fingerprint density at radius 2 is 1.92 bits per heavy atom.